The topological polar surface area (TPSA) is 45.5 Å². The van der Waals surface area contributed by atoms with Crippen LogP contribution >= 0.6 is 0 Å². The zero-order valence-corrected chi connectivity index (χ0v) is 17.2. The van der Waals surface area contributed by atoms with Gasteiger partial charge < -0.3 is 9.73 Å². The number of furan rings is 1. The van der Waals surface area contributed by atoms with E-state index < -0.39 is 0 Å². The summed E-state index contributed by atoms with van der Waals surface area (Å²) in [5.74, 6) is 0.172. The van der Waals surface area contributed by atoms with E-state index >= 15 is 0 Å². The molecule has 152 valence electrons. The van der Waals surface area contributed by atoms with Crippen LogP contribution in [0.4, 0.5) is 5.69 Å². The molecular formula is C26H26N2O2. The van der Waals surface area contributed by atoms with Crippen molar-refractivity contribution in [3.8, 4) is 0 Å². The van der Waals surface area contributed by atoms with E-state index in [9.17, 15) is 4.79 Å². The minimum atomic E-state index is 0.0603. The molecule has 1 fully saturated rings. The van der Waals surface area contributed by atoms with E-state index in [1.165, 1.54) is 11.1 Å². The molecule has 3 aromatic carbocycles. The number of para-hydroxylation sites is 1. The second kappa shape index (κ2) is 7.96. The maximum atomic E-state index is 12.8. The second-order valence-corrected chi connectivity index (χ2v) is 8.34. The number of fused-ring (bicyclic) bond motifs is 3. The number of benzene rings is 3. The van der Waals surface area contributed by atoms with Crippen molar-refractivity contribution in [1.29, 1.82) is 0 Å². The van der Waals surface area contributed by atoms with E-state index in [2.05, 4.69) is 47.5 Å². The molecule has 1 aliphatic heterocycles. The van der Waals surface area contributed by atoms with Gasteiger partial charge in [0.1, 0.15) is 11.2 Å². The number of amides is 1. The van der Waals surface area contributed by atoms with Gasteiger partial charge in [-0.1, -0.05) is 48.0 Å². The van der Waals surface area contributed by atoms with Crippen LogP contribution in [0.3, 0.4) is 0 Å². The Hall–Kier alpha value is -3.11. The number of anilines is 1. The fraction of sp³-hybridized carbons (Fsp3) is 0.269. The molecule has 0 spiro atoms. The highest BCUT2D eigenvalue weighted by Gasteiger charge is 2.25. The first kappa shape index (κ1) is 18.9. The van der Waals surface area contributed by atoms with Gasteiger partial charge in [-0.25, -0.2) is 0 Å². The molecule has 1 aliphatic rings. The van der Waals surface area contributed by atoms with Gasteiger partial charge in [-0.05, 0) is 56.6 Å². The minimum Gasteiger partial charge on any atom is -0.456 e. The summed E-state index contributed by atoms with van der Waals surface area (Å²) >= 11 is 0. The van der Waals surface area contributed by atoms with Gasteiger partial charge in [0.2, 0.25) is 5.91 Å². The zero-order chi connectivity index (χ0) is 20.5. The number of carbonyl (C=O) groups is 1. The SMILES string of the molecule is Cc1cccc(CN2CCC(C(=O)Nc3ccc4c(c3)oc3ccccc34)CC2)c1. The average Bonchev–Trinajstić information content (AvgIpc) is 3.12. The number of hydrogen-bond acceptors (Lipinski definition) is 3. The first-order chi connectivity index (χ1) is 14.7. The molecule has 4 nitrogen and oxygen atoms in total. The van der Waals surface area contributed by atoms with Crippen molar-refractivity contribution in [1.82, 2.24) is 4.90 Å². The summed E-state index contributed by atoms with van der Waals surface area (Å²) in [5, 5.41) is 5.28. The van der Waals surface area contributed by atoms with E-state index in [1.54, 1.807) is 0 Å². The normalized spacial score (nSPS) is 15.6. The Balaban J connectivity index is 1.21. The van der Waals surface area contributed by atoms with Crippen LogP contribution in [0.15, 0.2) is 71.1 Å². The Bertz CT molecular complexity index is 1200. The fourth-order valence-electron chi connectivity index (χ4n) is 4.47. The van der Waals surface area contributed by atoms with Gasteiger partial charge >= 0.3 is 0 Å². The maximum Gasteiger partial charge on any atom is 0.227 e. The molecule has 1 saturated heterocycles. The van der Waals surface area contributed by atoms with Crippen molar-refractivity contribution < 1.29 is 9.21 Å². The number of carbonyl (C=O) groups excluding carboxylic acids is 1. The highest BCUT2D eigenvalue weighted by atomic mass is 16.3. The third-order valence-electron chi connectivity index (χ3n) is 6.09. The zero-order valence-electron chi connectivity index (χ0n) is 17.2. The van der Waals surface area contributed by atoms with E-state index in [1.807, 2.05) is 36.4 Å². The number of piperidine rings is 1. The predicted molar refractivity (Wildman–Crippen MR) is 122 cm³/mol. The van der Waals surface area contributed by atoms with Gasteiger partial charge in [-0.2, -0.15) is 0 Å². The van der Waals surface area contributed by atoms with Crippen LogP contribution in [-0.2, 0) is 11.3 Å². The molecule has 0 aliphatic carbocycles. The first-order valence-electron chi connectivity index (χ1n) is 10.7. The highest BCUT2D eigenvalue weighted by molar-refractivity contribution is 6.06. The molecular weight excluding hydrogens is 372 g/mol. The van der Waals surface area contributed by atoms with E-state index in [-0.39, 0.29) is 11.8 Å². The van der Waals surface area contributed by atoms with Crippen molar-refractivity contribution in [3.63, 3.8) is 0 Å². The highest BCUT2D eigenvalue weighted by Crippen LogP contribution is 2.30. The Morgan fingerprint density at radius 1 is 0.967 bits per heavy atom. The number of rotatable bonds is 4. The number of aryl methyl sites for hydroxylation is 1. The smallest absolute Gasteiger partial charge is 0.227 e. The summed E-state index contributed by atoms with van der Waals surface area (Å²) in [7, 11) is 0. The standard InChI is InChI=1S/C26H26N2O2/c1-18-5-4-6-19(15-18)17-28-13-11-20(12-14-28)26(29)27-21-9-10-23-22-7-2-3-8-24(22)30-25(23)16-21/h2-10,15-16,20H,11-14,17H2,1H3,(H,27,29). The summed E-state index contributed by atoms with van der Waals surface area (Å²) in [5.41, 5.74) is 5.12. The number of nitrogens with zero attached hydrogens (tertiary/aromatic N) is 1. The lowest BCUT2D eigenvalue weighted by Gasteiger charge is -2.31. The summed E-state index contributed by atoms with van der Waals surface area (Å²) < 4.78 is 5.94. The van der Waals surface area contributed by atoms with Crippen molar-refractivity contribution in [2.24, 2.45) is 5.92 Å². The fourth-order valence-corrected chi connectivity index (χ4v) is 4.47. The largest absolute Gasteiger partial charge is 0.456 e. The van der Waals surface area contributed by atoms with E-state index in [4.69, 9.17) is 4.42 Å². The van der Waals surface area contributed by atoms with Gasteiger partial charge in [0.25, 0.3) is 0 Å². The summed E-state index contributed by atoms with van der Waals surface area (Å²) in [6.45, 7) is 4.99. The molecule has 1 amide bonds. The van der Waals surface area contributed by atoms with Crippen molar-refractivity contribution >= 4 is 33.5 Å². The third-order valence-corrected chi connectivity index (χ3v) is 6.09. The van der Waals surface area contributed by atoms with Crippen molar-refractivity contribution in [3.05, 3.63) is 77.9 Å². The molecule has 0 atom stereocenters. The predicted octanol–water partition coefficient (Wildman–Crippen LogP) is 5.75. The lowest BCUT2D eigenvalue weighted by molar-refractivity contribution is -0.121. The van der Waals surface area contributed by atoms with Crippen molar-refractivity contribution in [2.75, 3.05) is 18.4 Å². The van der Waals surface area contributed by atoms with Crippen LogP contribution in [0.25, 0.3) is 21.9 Å². The molecule has 2 heterocycles. The average molecular weight is 399 g/mol. The number of nitrogens with one attached hydrogen (secondary N) is 1. The van der Waals surface area contributed by atoms with Crippen LogP contribution in [0.2, 0.25) is 0 Å². The molecule has 0 bridgehead atoms. The van der Waals surface area contributed by atoms with Gasteiger partial charge in [-0.3, -0.25) is 9.69 Å². The Kier molecular flexibility index (Phi) is 5.01. The monoisotopic (exact) mass is 398 g/mol. The van der Waals surface area contributed by atoms with Crippen LogP contribution in [0.1, 0.15) is 24.0 Å². The molecule has 30 heavy (non-hydrogen) atoms. The molecule has 1 N–H and O–H groups in total. The van der Waals surface area contributed by atoms with Gasteiger partial charge in [-0.15, -0.1) is 0 Å². The van der Waals surface area contributed by atoms with Gasteiger partial charge in [0, 0.05) is 35.0 Å². The quantitative estimate of drug-likeness (QED) is 0.476. The summed E-state index contributed by atoms with van der Waals surface area (Å²) in [6.07, 6.45) is 1.79. The molecule has 4 heteroatoms. The number of likely N-dealkylation sites (tertiary alicyclic amines) is 1. The molecule has 0 unspecified atom stereocenters. The van der Waals surface area contributed by atoms with Gasteiger partial charge in [0.05, 0.1) is 0 Å². The van der Waals surface area contributed by atoms with Crippen LogP contribution < -0.4 is 5.32 Å². The third kappa shape index (κ3) is 3.83. The van der Waals surface area contributed by atoms with E-state index in [0.29, 0.717) is 0 Å². The molecule has 0 radical (unpaired) electrons. The maximum absolute atomic E-state index is 12.8. The molecule has 4 aromatic rings. The Morgan fingerprint density at radius 3 is 2.60 bits per heavy atom. The Morgan fingerprint density at radius 2 is 1.77 bits per heavy atom. The molecule has 0 saturated carbocycles. The lowest BCUT2D eigenvalue weighted by Crippen LogP contribution is -2.37. The minimum absolute atomic E-state index is 0.0603. The lowest BCUT2D eigenvalue weighted by atomic mass is 9.95. The second-order valence-electron chi connectivity index (χ2n) is 8.34. The van der Waals surface area contributed by atoms with Crippen LogP contribution in [0.5, 0.6) is 0 Å². The van der Waals surface area contributed by atoms with E-state index in [0.717, 1.165) is 60.1 Å². The molecule has 1 aromatic heterocycles. The first-order valence-corrected chi connectivity index (χ1v) is 10.7. The number of hydrogen-bond donors (Lipinski definition) is 1. The van der Waals surface area contributed by atoms with Crippen molar-refractivity contribution in [2.45, 2.75) is 26.3 Å². The Labute approximate surface area is 176 Å². The summed E-state index contributed by atoms with van der Waals surface area (Å²) in [6, 6.07) is 22.6. The molecule has 5 rings (SSSR count). The summed E-state index contributed by atoms with van der Waals surface area (Å²) in [4.78, 5) is 15.3. The van der Waals surface area contributed by atoms with Gasteiger partial charge in [0.15, 0.2) is 0 Å². The van der Waals surface area contributed by atoms with Crippen LogP contribution in [0, 0.1) is 12.8 Å². The van der Waals surface area contributed by atoms with Crippen LogP contribution in [-0.4, -0.2) is 23.9 Å².